The van der Waals surface area contributed by atoms with Crippen LogP contribution in [0, 0.1) is 19.8 Å². The van der Waals surface area contributed by atoms with Gasteiger partial charge in [0.25, 0.3) is 0 Å². The van der Waals surface area contributed by atoms with Gasteiger partial charge in [0, 0.05) is 24.5 Å². The maximum absolute atomic E-state index is 5.51. The standard InChI is InChI=1S/C23H31N3S/c1-16-6-5-11-26(15-16)22-9-7-20(8-10-22)19(4)24-23(27)25-21-13-17(2)12-18(3)14-21/h7-10,12-14,16,19H,5-6,11,15H2,1-4H3,(H2,24,25,27)/t16-,19-/m0/s1. The molecule has 0 saturated carbocycles. The molecule has 1 aliphatic heterocycles. The van der Waals surface area contributed by atoms with E-state index in [-0.39, 0.29) is 6.04 Å². The molecule has 1 aliphatic rings. The van der Waals surface area contributed by atoms with Gasteiger partial charge < -0.3 is 15.5 Å². The Morgan fingerprint density at radius 3 is 2.41 bits per heavy atom. The topological polar surface area (TPSA) is 27.3 Å². The Morgan fingerprint density at radius 2 is 1.78 bits per heavy atom. The smallest absolute Gasteiger partial charge is 0.171 e. The maximum Gasteiger partial charge on any atom is 0.171 e. The highest BCUT2D eigenvalue weighted by molar-refractivity contribution is 7.80. The fourth-order valence-electron chi connectivity index (χ4n) is 3.89. The number of piperidine rings is 1. The third-order valence-electron chi connectivity index (χ3n) is 5.24. The van der Waals surface area contributed by atoms with Gasteiger partial charge >= 0.3 is 0 Å². The summed E-state index contributed by atoms with van der Waals surface area (Å²) < 4.78 is 0. The fourth-order valence-corrected chi connectivity index (χ4v) is 4.19. The summed E-state index contributed by atoms with van der Waals surface area (Å²) in [6, 6.07) is 15.5. The van der Waals surface area contributed by atoms with Crippen LogP contribution in [-0.4, -0.2) is 18.2 Å². The van der Waals surface area contributed by atoms with Crippen LogP contribution >= 0.6 is 12.2 Å². The van der Waals surface area contributed by atoms with E-state index in [0.717, 1.165) is 18.2 Å². The molecule has 0 unspecified atom stereocenters. The average Bonchev–Trinajstić information content (AvgIpc) is 2.60. The largest absolute Gasteiger partial charge is 0.371 e. The van der Waals surface area contributed by atoms with Crippen molar-refractivity contribution in [2.45, 2.75) is 46.6 Å². The Labute approximate surface area is 169 Å². The van der Waals surface area contributed by atoms with Gasteiger partial charge in [-0.1, -0.05) is 25.1 Å². The predicted molar refractivity (Wildman–Crippen MR) is 121 cm³/mol. The van der Waals surface area contributed by atoms with Crippen LogP contribution in [0.25, 0.3) is 0 Å². The van der Waals surface area contributed by atoms with Crippen LogP contribution in [0.2, 0.25) is 0 Å². The molecule has 0 aliphatic carbocycles. The minimum atomic E-state index is 0.158. The van der Waals surface area contributed by atoms with E-state index in [1.165, 1.54) is 41.8 Å². The summed E-state index contributed by atoms with van der Waals surface area (Å²) in [6.45, 7) is 11.0. The number of nitrogens with zero attached hydrogens (tertiary/aromatic N) is 1. The summed E-state index contributed by atoms with van der Waals surface area (Å²) in [5, 5.41) is 7.35. The first kappa shape index (κ1) is 19.7. The van der Waals surface area contributed by atoms with Crippen molar-refractivity contribution in [3.8, 4) is 0 Å². The molecule has 0 bridgehead atoms. The summed E-state index contributed by atoms with van der Waals surface area (Å²) in [5.41, 5.74) is 6.07. The van der Waals surface area contributed by atoms with Crippen LogP contribution in [0.4, 0.5) is 11.4 Å². The number of rotatable bonds is 4. The van der Waals surface area contributed by atoms with Crippen molar-refractivity contribution in [1.82, 2.24) is 5.32 Å². The summed E-state index contributed by atoms with van der Waals surface area (Å²) >= 11 is 5.51. The van der Waals surface area contributed by atoms with Crippen molar-refractivity contribution >= 4 is 28.7 Å². The molecule has 2 aromatic carbocycles. The molecule has 0 radical (unpaired) electrons. The highest BCUT2D eigenvalue weighted by atomic mass is 32.1. The van der Waals surface area contributed by atoms with Crippen LogP contribution in [0.1, 0.15) is 49.4 Å². The van der Waals surface area contributed by atoms with Gasteiger partial charge in [0.1, 0.15) is 0 Å². The van der Waals surface area contributed by atoms with Gasteiger partial charge in [-0.3, -0.25) is 0 Å². The predicted octanol–water partition coefficient (Wildman–Crippen LogP) is 5.59. The van der Waals surface area contributed by atoms with Crippen LogP contribution < -0.4 is 15.5 Å². The summed E-state index contributed by atoms with van der Waals surface area (Å²) in [7, 11) is 0. The van der Waals surface area contributed by atoms with Crippen LogP contribution in [0.3, 0.4) is 0 Å². The van der Waals surface area contributed by atoms with Crippen molar-refractivity contribution in [3.05, 3.63) is 59.2 Å². The van der Waals surface area contributed by atoms with E-state index < -0.39 is 0 Å². The molecule has 144 valence electrons. The third kappa shape index (κ3) is 5.46. The summed E-state index contributed by atoms with van der Waals surface area (Å²) in [5.74, 6) is 0.785. The number of hydrogen-bond donors (Lipinski definition) is 2. The number of aryl methyl sites for hydroxylation is 2. The number of thiocarbonyl (C=S) groups is 1. The average molecular weight is 382 g/mol. The molecule has 1 saturated heterocycles. The van der Waals surface area contributed by atoms with Gasteiger partial charge in [0.05, 0.1) is 6.04 Å². The van der Waals surface area contributed by atoms with Gasteiger partial charge in [-0.25, -0.2) is 0 Å². The second-order valence-corrected chi connectivity index (χ2v) is 8.39. The molecule has 2 atom stereocenters. The second-order valence-electron chi connectivity index (χ2n) is 7.98. The normalized spacial score (nSPS) is 18.1. The minimum Gasteiger partial charge on any atom is -0.371 e. The zero-order valence-electron chi connectivity index (χ0n) is 16.9. The Hall–Kier alpha value is -2.07. The van der Waals surface area contributed by atoms with Crippen molar-refractivity contribution in [2.75, 3.05) is 23.3 Å². The van der Waals surface area contributed by atoms with Crippen molar-refractivity contribution in [2.24, 2.45) is 5.92 Å². The second kappa shape index (κ2) is 8.75. The van der Waals surface area contributed by atoms with E-state index in [2.05, 4.69) is 85.7 Å². The number of anilines is 2. The molecular weight excluding hydrogens is 350 g/mol. The van der Waals surface area contributed by atoms with Crippen LogP contribution in [-0.2, 0) is 0 Å². The van der Waals surface area contributed by atoms with Gasteiger partial charge in [-0.2, -0.15) is 0 Å². The highest BCUT2D eigenvalue weighted by Gasteiger charge is 2.17. The Kier molecular flexibility index (Phi) is 6.38. The summed E-state index contributed by atoms with van der Waals surface area (Å²) in [6.07, 6.45) is 2.64. The Morgan fingerprint density at radius 1 is 1.11 bits per heavy atom. The monoisotopic (exact) mass is 381 g/mol. The maximum atomic E-state index is 5.51. The van der Waals surface area contributed by atoms with E-state index in [4.69, 9.17) is 12.2 Å². The summed E-state index contributed by atoms with van der Waals surface area (Å²) in [4.78, 5) is 2.50. The third-order valence-corrected chi connectivity index (χ3v) is 5.46. The van der Waals surface area contributed by atoms with Gasteiger partial charge in [-0.05, 0) is 92.7 Å². The number of nitrogens with one attached hydrogen (secondary N) is 2. The van der Waals surface area contributed by atoms with E-state index in [0.29, 0.717) is 5.11 Å². The zero-order chi connectivity index (χ0) is 19.4. The molecule has 0 amide bonds. The SMILES string of the molecule is Cc1cc(C)cc(NC(=S)N[C@@H](C)c2ccc(N3CCC[C@H](C)C3)cc2)c1. The molecule has 1 fully saturated rings. The van der Waals surface area contributed by atoms with E-state index in [1.807, 2.05) is 0 Å². The fraction of sp³-hybridized carbons (Fsp3) is 0.435. The minimum absolute atomic E-state index is 0.158. The first-order valence-electron chi connectivity index (χ1n) is 9.91. The molecule has 4 heteroatoms. The number of benzene rings is 2. The molecule has 0 spiro atoms. The Bertz CT molecular complexity index is 764. The van der Waals surface area contributed by atoms with E-state index in [1.54, 1.807) is 0 Å². The zero-order valence-corrected chi connectivity index (χ0v) is 17.7. The van der Waals surface area contributed by atoms with Crippen LogP contribution in [0.5, 0.6) is 0 Å². The molecule has 27 heavy (non-hydrogen) atoms. The van der Waals surface area contributed by atoms with Crippen LogP contribution in [0.15, 0.2) is 42.5 Å². The lowest BCUT2D eigenvalue weighted by Gasteiger charge is -2.33. The molecule has 3 rings (SSSR count). The molecular formula is C23H31N3S. The molecule has 3 nitrogen and oxygen atoms in total. The lowest BCUT2D eigenvalue weighted by Crippen LogP contribution is -2.34. The molecule has 1 heterocycles. The number of hydrogen-bond acceptors (Lipinski definition) is 2. The van der Waals surface area contributed by atoms with E-state index >= 15 is 0 Å². The van der Waals surface area contributed by atoms with Gasteiger partial charge in [0.15, 0.2) is 5.11 Å². The van der Waals surface area contributed by atoms with Crippen molar-refractivity contribution in [3.63, 3.8) is 0 Å². The first-order valence-corrected chi connectivity index (χ1v) is 10.3. The Balaban J connectivity index is 1.58. The lowest BCUT2D eigenvalue weighted by molar-refractivity contribution is 0.447. The highest BCUT2D eigenvalue weighted by Crippen LogP contribution is 2.24. The van der Waals surface area contributed by atoms with Gasteiger partial charge in [-0.15, -0.1) is 0 Å². The van der Waals surface area contributed by atoms with Crippen molar-refractivity contribution < 1.29 is 0 Å². The van der Waals surface area contributed by atoms with Crippen molar-refractivity contribution in [1.29, 1.82) is 0 Å². The molecule has 0 aromatic heterocycles. The lowest BCUT2D eigenvalue weighted by atomic mass is 9.99. The quantitative estimate of drug-likeness (QED) is 0.675. The van der Waals surface area contributed by atoms with E-state index in [9.17, 15) is 0 Å². The van der Waals surface area contributed by atoms with Gasteiger partial charge in [0.2, 0.25) is 0 Å². The first-order chi connectivity index (χ1) is 12.9. The molecule has 2 aromatic rings. The molecule has 2 N–H and O–H groups in total.